The second-order valence-corrected chi connectivity index (χ2v) is 7.18. The fourth-order valence-corrected chi connectivity index (χ4v) is 4.09. The van der Waals surface area contributed by atoms with E-state index in [1.165, 1.54) is 22.2 Å². The van der Waals surface area contributed by atoms with E-state index in [1.807, 2.05) is 13.8 Å². The van der Waals surface area contributed by atoms with Gasteiger partial charge in [0.05, 0.1) is 37.7 Å². The van der Waals surface area contributed by atoms with Crippen molar-refractivity contribution >= 4 is 27.5 Å². The Hall–Kier alpha value is -2.74. The Bertz CT molecular complexity index is 1080. The van der Waals surface area contributed by atoms with Crippen LogP contribution >= 0.6 is 11.3 Å². The molecule has 0 amide bonds. The highest BCUT2D eigenvalue weighted by Crippen LogP contribution is 2.28. The molecule has 0 saturated heterocycles. The van der Waals surface area contributed by atoms with Crippen LogP contribution in [0.15, 0.2) is 17.3 Å². The van der Waals surface area contributed by atoms with E-state index in [9.17, 15) is 9.59 Å². The van der Waals surface area contributed by atoms with E-state index >= 15 is 0 Å². The van der Waals surface area contributed by atoms with Gasteiger partial charge in [-0.3, -0.25) is 14.3 Å². The molecular formula is C19H21N3O4S. The number of carbonyl (C=O) groups is 1. The summed E-state index contributed by atoms with van der Waals surface area (Å²) in [7, 11) is 1.62. The molecule has 142 valence electrons. The van der Waals surface area contributed by atoms with Crippen LogP contribution in [0.2, 0.25) is 0 Å². The molecule has 0 spiro atoms. The maximum atomic E-state index is 13.0. The number of hydrogen-bond donors (Lipinski definition) is 0. The van der Waals surface area contributed by atoms with Crippen LogP contribution in [0.4, 0.5) is 0 Å². The van der Waals surface area contributed by atoms with E-state index in [2.05, 4.69) is 9.97 Å². The van der Waals surface area contributed by atoms with Crippen molar-refractivity contribution in [3.05, 3.63) is 50.1 Å². The molecule has 3 rings (SSSR count). The summed E-state index contributed by atoms with van der Waals surface area (Å²) < 4.78 is 12.0. The van der Waals surface area contributed by atoms with Gasteiger partial charge in [0.15, 0.2) is 0 Å². The molecule has 27 heavy (non-hydrogen) atoms. The zero-order chi connectivity index (χ0) is 19.7. The lowest BCUT2D eigenvalue weighted by Gasteiger charge is -2.13. The second kappa shape index (κ2) is 7.48. The number of hydrogen-bond acceptors (Lipinski definition) is 7. The average Bonchev–Trinajstić information content (AvgIpc) is 2.97. The molecule has 7 nitrogen and oxygen atoms in total. The van der Waals surface area contributed by atoms with E-state index in [1.54, 1.807) is 27.2 Å². The number of thiophene rings is 1. The van der Waals surface area contributed by atoms with Crippen LogP contribution < -0.4 is 10.3 Å². The summed E-state index contributed by atoms with van der Waals surface area (Å²) >= 11 is 1.18. The third kappa shape index (κ3) is 3.32. The number of esters is 1. The van der Waals surface area contributed by atoms with Crippen molar-refractivity contribution < 1.29 is 14.3 Å². The van der Waals surface area contributed by atoms with E-state index in [0.29, 0.717) is 20.7 Å². The van der Waals surface area contributed by atoms with Crippen molar-refractivity contribution in [1.29, 1.82) is 0 Å². The van der Waals surface area contributed by atoms with Crippen LogP contribution in [-0.4, -0.2) is 34.2 Å². The van der Waals surface area contributed by atoms with Crippen molar-refractivity contribution in [2.75, 3.05) is 13.7 Å². The molecule has 3 aromatic rings. The molecular weight excluding hydrogens is 366 g/mol. The Kier molecular flexibility index (Phi) is 5.27. The molecule has 0 bridgehead atoms. The predicted octanol–water partition coefficient (Wildman–Crippen LogP) is 3.01. The summed E-state index contributed by atoms with van der Waals surface area (Å²) in [6, 6.07) is 0. The van der Waals surface area contributed by atoms with Crippen LogP contribution in [0.25, 0.3) is 10.2 Å². The first-order valence-electron chi connectivity index (χ1n) is 8.53. The zero-order valence-corrected chi connectivity index (χ0v) is 16.8. The lowest BCUT2D eigenvalue weighted by molar-refractivity contribution is 0.0531. The molecule has 0 aliphatic rings. The van der Waals surface area contributed by atoms with Crippen molar-refractivity contribution in [1.82, 2.24) is 14.5 Å². The SMILES string of the molecule is CCOC(=O)c1sc2ncn(Cc3ncc(C)c(OC)c3C)c(=O)c2c1C. The molecule has 8 heteroatoms. The fourth-order valence-electron chi connectivity index (χ4n) is 3.06. The van der Waals surface area contributed by atoms with Gasteiger partial charge in [-0.15, -0.1) is 11.3 Å². The van der Waals surface area contributed by atoms with Crippen molar-refractivity contribution in [3.63, 3.8) is 0 Å². The van der Waals surface area contributed by atoms with E-state index in [4.69, 9.17) is 9.47 Å². The van der Waals surface area contributed by atoms with Crippen LogP contribution in [0.5, 0.6) is 5.75 Å². The Balaban J connectivity index is 2.07. The van der Waals surface area contributed by atoms with Gasteiger partial charge in [-0.1, -0.05) is 0 Å². The third-order valence-corrected chi connectivity index (χ3v) is 5.63. The van der Waals surface area contributed by atoms with Crippen molar-refractivity contribution in [2.24, 2.45) is 0 Å². The second-order valence-electron chi connectivity index (χ2n) is 6.18. The summed E-state index contributed by atoms with van der Waals surface area (Å²) in [5.74, 6) is 0.336. The van der Waals surface area contributed by atoms with Crippen molar-refractivity contribution in [3.8, 4) is 5.75 Å². The highest BCUT2D eigenvalue weighted by molar-refractivity contribution is 7.20. The van der Waals surface area contributed by atoms with E-state index < -0.39 is 5.97 Å². The van der Waals surface area contributed by atoms with Gasteiger partial charge in [-0.25, -0.2) is 9.78 Å². The monoisotopic (exact) mass is 387 g/mol. The largest absolute Gasteiger partial charge is 0.496 e. The molecule has 0 fully saturated rings. The van der Waals surface area contributed by atoms with Gasteiger partial charge < -0.3 is 9.47 Å². The maximum Gasteiger partial charge on any atom is 0.348 e. The molecule has 3 heterocycles. The number of pyridine rings is 1. The topological polar surface area (TPSA) is 83.3 Å². The normalized spacial score (nSPS) is 11.0. The molecule has 3 aromatic heterocycles. The molecule has 0 aliphatic heterocycles. The highest BCUT2D eigenvalue weighted by Gasteiger charge is 2.21. The first-order chi connectivity index (χ1) is 12.9. The summed E-state index contributed by atoms with van der Waals surface area (Å²) in [5.41, 5.74) is 2.96. The number of aromatic nitrogens is 3. The van der Waals surface area contributed by atoms with Gasteiger partial charge in [-0.05, 0) is 33.3 Å². The summed E-state index contributed by atoms with van der Waals surface area (Å²) in [4.78, 5) is 34.9. The van der Waals surface area contributed by atoms with Crippen molar-refractivity contribution in [2.45, 2.75) is 34.2 Å². The van der Waals surface area contributed by atoms with Gasteiger partial charge in [-0.2, -0.15) is 0 Å². The first kappa shape index (κ1) is 19.0. The fraction of sp³-hybridized carbons (Fsp3) is 0.368. The van der Waals surface area contributed by atoms with Gasteiger partial charge in [0.2, 0.25) is 0 Å². The van der Waals surface area contributed by atoms with Crippen LogP contribution in [0.3, 0.4) is 0 Å². The van der Waals surface area contributed by atoms with Gasteiger partial charge in [0.1, 0.15) is 15.5 Å². The molecule has 0 aliphatic carbocycles. The molecule has 0 N–H and O–H groups in total. The quantitative estimate of drug-likeness (QED) is 0.626. The number of aryl methyl sites for hydroxylation is 2. The minimum absolute atomic E-state index is 0.204. The number of fused-ring (bicyclic) bond motifs is 1. The number of nitrogens with zero attached hydrogens (tertiary/aromatic N) is 3. The molecule has 0 saturated carbocycles. The number of ether oxygens (including phenoxy) is 2. The van der Waals surface area contributed by atoms with Crippen LogP contribution in [0.1, 0.15) is 39.0 Å². The molecule has 0 aromatic carbocycles. The Morgan fingerprint density at radius 3 is 2.63 bits per heavy atom. The maximum absolute atomic E-state index is 13.0. The summed E-state index contributed by atoms with van der Waals surface area (Å²) in [6.45, 7) is 7.89. The van der Waals surface area contributed by atoms with E-state index in [0.717, 1.165) is 22.6 Å². The zero-order valence-electron chi connectivity index (χ0n) is 16.0. The van der Waals surface area contributed by atoms with Crippen LogP contribution in [0, 0.1) is 20.8 Å². The Morgan fingerprint density at radius 2 is 1.96 bits per heavy atom. The predicted molar refractivity (Wildman–Crippen MR) is 104 cm³/mol. The lowest BCUT2D eigenvalue weighted by Crippen LogP contribution is -2.22. The average molecular weight is 387 g/mol. The lowest BCUT2D eigenvalue weighted by atomic mass is 10.1. The van der Waals surface area contributed by atoms with Gasteiger partial charge in [0, 0.05) is 17.3 Å². The Morgan fingerprint density at radius 1 is 1.22 bits per heavy atom. The number of methoxy groups -OCH3 is 1. The molecule has 0 unspecified atom stereocenters. The van der Waals surface area contributed by atoms with Crippen LogP contribution in [-0.2, 0) is 11.3 Å². The summed E-state index contributed by atoms with van der Waals surface area (Å²) in [5, 5.41) is 0.447. The Labute approximate surface area is 160 Å². The minimum Gasteiger partial charge on any atom is -0.496 e. The minimum atomic E-state index is -0.426. The third-order valence-electron chi connectivity index (χ3n) is 4.45. The van der Waals surface area contributed by atoms with E-state index in [-0.39, 0.29) is 18.7 Å². The smallest absolute Gasteiger partial charge is 0.348 e. The number of rotatable bonds is 5. The highest BCUT2D eigenvalue weighted by atomic mass is 32.1. The number of carbonyl (C=O) groups excluding carboxylic acids is 1. The first-order valence-corrected chi connectivity index (χ1v) is 9.35. The van der Waals surface area contributed by atoms with Gasteiger partial charge >= 0.3 is 5.97 Å². The van der Waals surface area contributed by atoms with Gasteiger partial charge in [0.25, 0.3) is 5.56 Å². The molecule has 0 atom stereocenters. The summed E-state index contributed by atoms with van der Waals surface area (Å²) in [6.07, 6.45) is 3.22. The molecule has 0 radical (unpaired) electrons. The standard InChI is InChI=1S/C19H21N3O4S/c1-6-26-19(24)16-12(4)14-17(27-16)21-9-22(18(14)23)8-13-11(3)15(25-5)10(2)7-20-13/h7,9H,6,8H2,1-5H3.